The summed E-state index contributed by atoms with van der Waals surface area (Å²) in [5.41, 5.74) is 0.922. The lowest BCUT2D eigenvalue weighted by Crippen LogP contribution is -2.38. The molecule has 21 heavy (non-hydrogen) atoms. The lowest BCUT2D eigenvalue weighted by atomic mass is 10.1. The highest BCUT2D eigenvalue weighted by atomic mass is 19.4. The van der Waals surface area contributed by atoms with Gasteiger partial charge in [-0.05, 0) is 43.9 Å². The molecular weight excluding hydrogens is 283 g/mol. The van der Waals surface area contributed by atoms with Gasteiger partial charge in [-0.25, -0.2) is 0 Å². The van der Waals surface area contributed by atoms with Crippen molar-refractivity contribution < 1.29 is 22.6 Å². The van der Waals surface area contributed by atoms with Crippen molar-refractivity contribution in [3.63, 3.8) is 0 Å². The fraction of sp³-hybridized carbons (Fsp3) is 0.600. The predicted octanol–water partition coefficient (Wildman–Crippen LogP) is 3.80. The molecule has 3 atom stereocenters. The van der Waals surface area contributed by atoms with E-state index in [9.17, 15) is 13.2 Å². The number of nitrogens with one attached hydrogen (secondary N) is 1. The molecule has 3 nitrogen and oxygen atoms in total. The SMILES string of the molecule is COC1CCCC1NC(C)c1ccc(OC(F)(F)F)cc1. The molecule has 1 aliphatic carbocycles. The van der Waals surface area contributed by atoms with Crippen LogP contribution in [0.1, 0.15) is 37.8 Å². The van der Waals surface area contributed by atoms with Gasteiger partial charge in [-0.3, -0.25) is 0 Å². The van der Waals surface area contributed by atoms with Crippen molar-refractivity contribution in [2.45, 2.75) is 50.7 Å². The van der Waals surface area contributed by atoms with Gasteiger partial charge in [0.2, 0.25) is 0 Å². The van der Waals surface area contributed by atoms with Gasteiger partial charge in [-0.1, -0.05) is 12.1 Å². The molecule has 1 saturated carbocycles. The summed E-state index contributed by atoms with van der Waals surface area (Å²) in [5, 5.41) is 3.48. The summed E-state index contributed by atoms with van der Waals surface area (Å²) in [4.78, 5) is 0. The van der Waals surface area contributed by atoms with Crippen molar-refractivity contribution in [1.29, 1.82) is 0 Å². The van der Waals surface area contributed by atoms with Gasteiger partial charge in [0.05, 0.1) is 6.10 Å². The highest BCUT2D eigenvalue weighted by Crippen LogP contribution is 2.27. The summed E-state index contributed by atoms with van der Waals surface area (Å²) in [5.74, 6) is -0.200. The van der Waals surface area contributed by atoms with Crippen LogP contribution in [0.4, 0.5) is 13.2 Å². The summed E-state index contributed by atoms with van der Waals surface area (Å²) in [6.07, 6.45) is -1.22. The van der Waals surface area contributed by atoms with Crippen molar-refractivity contribution >= 4 is 0 Å². The van der Waals surface area contributed by atoms with Crippen LogP contribution in [0.5, 0.6) is 5.75 Å². The zero-order valence-electron chi connectivity index (χ0n) is 12.1. The second kappa shape index (κ2) is 6.66. The van der Waals surface area contributed by atoms with Crippen LogP contribution in [-0.2, 0) is 4.74 Å². The van der Waals surface area contributed by atoms with Crippen LogP contribution in [0.3, 0.4) is 0 Å². The highest BCUT2D eigenvalue weighted by molar-refractivity contribution is 5.29. The van der Waals surface area contributed by atoms with Crippen LogP contribution in [0, 0.1) is 0 Å². The van der Waals surface area contributed by atoms with E-state index >= 15 is 0 Å². The molecule has 1 aromatic rings. The van der Waals surface area contributed by atoms with Crippen molar-refractivity contribution in [2.24, 2.45) is 0 Å². The monoisotopic (exact) mass is 303 g/mol. The lowest BCUT2D eigenvalue weighted by Gasteiger charge is -2.24. The fourth-order valence-corrected chi connectivity index (χ4v) is 2.77. The average molecular weight is 303 g/mol. The Morgan fingerprint density at radius 3 is 2.43 bits per heavy atom. The molecule has 0 bridgehead atoms. The van der Waals surface area contributed by atoms with Gasteiger partial charge in [0.1, 0.15) is 5.75 Å². The molecule has 0 radical (unpaired) electrons. The summed E-state index contributed by atoms with van der Waals surface area (Å²) in [7, 11) is 1.71. The molecule has 6 heteroatoms. The van der Waals surface area contributed by atoms with Gasteiger partial charge in [0.25, 0.3) is 0 Å². The number of alkyl halides is 3. The van der Waals surface area contributed by atoms with Gasteiger partial charge in [0.15, 0.2) is 0 Å². The molecule has 0 saturated heterocycles. The predicted molar refractivity (Wildman–Crippen MR) is 73.1 cm³/mol. The zero-order chi connectivity index (χ0) is 15.5. The van der Waals surface area contributed by atoms with Crippen LogP contribution < -0.4 is 10.1 Å². The maximum Gasteiger partial charge on any atom is 0.573 e. The minimum Gasteiger partial charge on any atom is -0.406 e. The first-order valence-electron chi connectivity index (χ1n) is 7.03. The average Bonchev–Trinajstić information content (AvgIpc) is 2.85. The molecule has 1 N–H and O–H groups in total. The maximum absolute atomic E-state index is 12.1. The van der Waals surface area contributed by atoms with E-state index in [4.69, 9.17) is 4.74 Å². The van der Waals surface area contributed by atoms with E-state index in [1.54, 1.807) is 19.2 Å². The van der Waals surface area contributed by atoms with E-state index < -0.39 is 6.36 Å². The topological polar surface area (TPSA) is 30.5 Å². The van der Waals surface area contributed by atoms with E-state index in [-0.39, 0.29) is 23.9 Å². The Balaban J connectivity index is 1.95. The van der Waals surface area contributed by atoms with Crippen molar-refractivity contribution in [2.75, 3.05) is 7.11 Å². The first-order chi connectivity index (χ1) is 9.89. The van der Waals surface area contributed by atoms with Crippen LogP contribution >= 0.6 is 0 Å². The van der Waals surface area contributed by atoms with Crippen LogP contribution in [0.15, 0.2) is 24.3 Å². The van der Waals surface area contributed by atoms with Crippen LogP contribution in [-0.4, -0.2) is 25.6 Å². The summed E-state index contributed by atoms with van der Waals surface area (Å²) < 4.78 is 45.6. The van der Waals surface area contributed by atoms with Crippen LogP contribution in [0.25, 0.3) is 0 Å². The Hall–Kier alpha value is -1.27. The van der Waals surface area contributed by atoms with Gasteiger partial charge in [-0.2, -0.15) is 0 Å². The molecule has 3 unspecified atom stereocenters. The van der Waals surface area contributed by atoms with Gasteiger partial charge >= 0.3 is 6.36 Å². The molecule has 118 valence electrons. The van der Waals surface area contributed by atoms with E-state index in [0.29, 0.717) is 0 Å². The normalized spacial score (nSPS) is 24.0. The number of hydrogen-bond acceptors (Lipinski definition) is 3. The second-order valence-corrected chi connectivity index (χ2v) is 5.32. The molecular formula is C15H20F3NO2. The molecule has 1 fully saturated rings. The third kappa shape index (κ3) is 4.61. The quantitative estimate of drug-likeness (QED) is 0.897. The highest BCUT2D eigenvalue weighted by Gasteiger charge is 2.31. The molecule has 1 aliphatic rings. The van der Waals surface area contributed by atoms with E-state index in [0.717, 1.165) is 24.8 Å². The maximum atomic E-state index is 12.1. The van der Waals surface area contributed by atoms with Crippen molar-refractivity contribution in [3.8, 4) is 5.75 Å². The first-order valence-corrected chi connectivity index (χ1v) is 7.03. The van der Waals surface area contributed by atoms with Crippen molar-refractivity contribution in [3.05, 3.63) is 29.8 Å². The Morgan fingerprint density at radius 2 is 1.86 bits per heavy atom. The summed E-state index contributed by atoms with van der Waals surface area (Å²) in [6.45, 7) is 1.99. The molecule has 0 amide bonds. The fourth-order valence-electron chi connectivity index (χ4n) is 2.77. The number of halogens is 3. The number of hydrogen-bond donors (Lipinski definition) is 1. The van der Waals surface area contributed by atoms with Gasteiger partial charge in [0, 0.05) is 19.2 Å². The molecule has 0 aliphatic heterocycles. The number of benzene rings is 1. The Kier molecular flexibility index (Phi) is 5.11. The van der Waals surface area contributed by atoms with Gasteiger partial charge < -0.3 is 14.8 Å². The first kappa shape index (κ1) is 16.1. The number of methoxy groups -OCH3 is 1. The number of ether oxygens (including phenoxy) is 2. The molecule has 0 heterocycles. The minimum atomic E-state index is -4.65. The smallest absolute Gasteiger partial charge is 0.406 e. The Labute approximate surface area is 122 Å². The largest absolute Gasteiger partial charge is 0.573 e. The molecule has 1 aromatic carbocycles. The zero-order valence-corrected chi connectivity index (χ0v) is 12.1. The lowest BCUT2D eigenvalue weighted by molar-refractivity contribution is -0.274. The summed E-state index contributed by atoms with van der Waals surface area (Å²) in [6, 6.07) is 6.31. The molecule has 2 rings (SSSR count). The van der Waals surface area contributed by atoms with Gasteiger partial charge in [-0.15, -0.1) is 13.2 Å². The minimum absolute atomic E-state index is 0.0469. The van der Waals surface area contributed by atoms with E-state index in [1.807, 2.05) is 6.92 Å². The molecule has 0 spiro atoms. The molecule has 0 aromatic heterocycles. The van der Waals surface area contributed by atoms with E-state index in [1.165, 1.54) is 12.1 Å². The van der Waals surface area contributed by atoms with Crippen molar-refractivity contribution in [1.82, 2.24) is 5.32 Å². The van der Waals surface area contributed by atoms with Crippen LogP contribution in [0.2, 0.25) is 0 Å². The second-order valence-electron chi connectivity index (χ2n) is 5.32. The standard InChI is InChI=1S/C15H20F3NO2/c1-10(19-13-4-3-5-14(13)20-2)11-6-8-12(9-7-11)21-15(16,17)18/h6-10,13-14,19H,3-5H2,1-2H3. The van der Waals surface area contributed by atoms with E-state index in [2.05, 4.69) is 10.1 Å². The Morgan fingerprint density at radius 1 is 1.19 bits per heavy atom. The number of rotatable bonds is 5. The Bertz CT molecular complexity index is 447. The summed E-state index contributed by atoms with van der Waals surface area (Å²) >= 11 is 0. The third-order valence-electron chi connectivity index (χ3n) is 3.83. The third-order valence-corrected chi connectivity index (χ3v) is 3.83.